The molecule has 0 N–H and O–H groups in total. The van der Waals surface area contributed by atoms with E-state index in [0.717, 1.165) is 12.5 Å². The summed E-state index contributed by atoms with van der Waals surface area (Å²) in [5.74, 6) is 0.952. The van der Waals surface area contributed by atoms with Crippen LogP contribution in [0.3, 0.4) is 0 Å². The number of rotatable bonds is 4. The molecule has 1 saturated carbocycles. The van der Waals surface area contributed by atoms with E-state index in [9.17, 15) is 0 Å². The van der Waals surface area contributed by atoms with E-state index < -0.39 is 0 Å². The molecule has 1 saturated heterocycles. The molecule has 1 aromatic carbocycles. The van der Waals surface area contributed by atoms with Crippen molar-refractivity contribution in [1.82, 2.24) is 14.5 Å². The zero-order valence-electron chi connectivity index (χ0n) is 15.2. The van der Waals surface area contributed by atoms with Gasteiger partial charge in [-0.15, -0.1) is 0 Å². The number of para-hydroxylation sites is 1. The number of likely N-dealkylation sites (tertiary alicyclic amines) is 1. The molecule has 4 heteroatoms. The Morgan fingerprint density at radius 2 is 1.96 bits per heavy atom. The number of benzene rings is 1. The summed E-state index contributed by atoms with van der Waals surface area (Å²) in [6.07, 6.45) is 9.34. The average Bonchev–Trinajstić information content (AvgIpc) is 3.29. The van der Waals surface area contributed by atoms with Crippen LogP contribution in [0.5, 0.6) is 0 Å². The van der Waals surface area contributed by atoms with Gasteiger partial charge in [0.05, 0.1) is 12.0 Å². The average molecular weight is 336 g/mol. The first kappa shape index (κ1) is 15.4. The topological polar surface area (TPSA) is 24.3 Å². The second-order valence-corrected chi connectivity index (χ2v) is 8.39. The molecular formula is C21H28N4. The zero-order valence-corrected chi connectivity index (χ0v) is 15.2. The summed E-state index contributed by atoms with van der Waals surface area (Å²) < 4.78 is 2.15. The lowest BCUT2D eigenvalue weighted by molar-refractivity contribution is 0.157. The van der Waals surface area contributed by atoms with E-state index in [0.29, 0.717) is 5.41 Å². The highest BCUT2D eigenvalue weighted by Crippen LogP contribution is 2.48. The third kappa shape index (κ3) is 2.77. The van der Waals surface area contributed by atoms with Crippen molar-refractivity contribution in [3.05, 3.63) is 48.0 Å². The zero-order chi connectivity index (χ0) is 16.9. The van der Waals surface area contributed by atoms with E-state index in [1.807, 2.05) is 12.5 Å². The predicted octanol–water partition coefficient (Wildman–Crippen LogP) is 3.18. The molecule has 1 aromatic heterocycles. The van der Waals surface area contributed by atoms with Gasteiger partial charge in [0, 0.05) is 44.0 Å². The highest BCUT2D eigenvalue weighted by molar-refractivity contribution is 5.63. The van der Waals surface area contributed by atoms with Crippen molar-refractivity contribution in [3.8, 4) is 0 Å². The first-order chi connectivity index (χ1) is 12.2. The molecule has 3 heterocycles. The molecule has 132 valence electrons. The smallest absolute Gasteiger partial charge is 0.0945 e. The lowest BCUT2D eigenvalue weighted by Gasteiger charge is -2.40. The molecule has 5 rings (SSSR count). The summed E-state index contributed by atoms with van der Waals surface area (Å²) in [6, 6.07) is 9.21. The summed E-state index contributed by atoms with van der Waals surface area (Å²) in [7, 11) is 2.09. The van der Waals surface area contributed by atoms with Gasteiger partial charge in [0.15, 0.2) is 0 Å². The predicted molar refractivity (Wildman–Crippen MR) is 101 cm³/mol. The molecule has 0 bridgehead atoms. The van der Waals surface area contributed by atoms with Gasteiger partial charge < -0.3 is 9.47 Å². The molecule has 0 amide bonds. The molecule has 2 aromatic rings. The normalized spacial score (nSPS) is 22.5. The first-order valence-electron chi connectivity index (χ1n) is 9.76. The Morgan fingerprint density at radius 3 is 2.68 bits per heavy atom. The van der Waals surface area contributed by atoms with Gasteiger partial charge in [0.2, 0.25) is 0 Å². The maximum Gasteiger partial charge on any atom is 0.0945 e. The van der Waals surface area contributed by atoms with Gasteiger partial charge in [0.25, 0.3) is 0 Å². The number of hydrogen-bond acceptors (Lipinski definition) is 3. The van der Waals surface area contributed by atoms with Crippen molar-refractivity contribution in [1.29, 1.82) is 0 Å². The van der Waals surface area contributed by atoms with E-state index in [1.54, 1.807) is 5.56 Å². The fourth-order valence-corrected chi connectivity index (χ4v) is 4.84. The number of piperidine rings is 1. The standard InChI is InChI=1S/C21H28N4/c1-23-16-22-12-18(23)14-24-10-8-21(9-11-24)15-25(13-17-6-7-17)20-5-3-2-4-19(20)21/h2-5,12,16-17H,6-11,13-15H2,1H3. The van der Waals surface area contributed by atoms with Crippen LogP contribution < -0.4 is 4.90 Å². The number of hydrogen-bond donors (Lipinski definition) is 0. The fraction of sp³-hybridized carbons (Fsp3) is 0.571. The SMILES string of the molecule is Cn1cncc1CN1CCC2(CC1)CN(CC1CC1)c1ccccc12. The van der Waals surface area contributed by atoms with Crippen LogP contribution in [0.15, 0.2) is 36.8 Å². The number of imidazole rings is 1. The summed E-state index contributed by atoms with van der Waals surface area (Å²) in [5, 5.41) is 0. The molecule has 3 aliphatic rings. The Morgan fingerprint density at radius 1 is 1.16 bits per heavy atom. The third-order valence-electron chi connectivity index (χ3n) is 6.60. The van der Waals surface area contributed by atoms with Crippen molar-refractivity contribution in [2.24, 2.45) is 13.0 Å². The van der Waals surface area contributed by atoms with Crippen LogP contribution >= 0.6 is 0 Å². The number of aryl methyl sites for hydroxylation is 1. The van der Waals surface area contributed by atoms with E-state index >= 15 is 0 Å². The largest absolute Gasteiger partial charge is 0.370 e. The molecule has 25 heavy (non-hydrogen) atoms. The first-order valence-corrected chi connectivity index (χ1v) is 9.76. The minimum Gasteiger partial charge on any atom is -0.370 e. The molecular weight excluding hydrogens is 308 g/mol. The lowest BCUT2D eigenvalue weighted by Crippen LogP contribution is -2.45. The molecule has 2 aliphatic heterocycles. The molecule has 0 atom stereocenters. The Bertz CT molecular complexity index is 753. The highest BCUT2D eigenvalue weighted by Gasteiger charge is 2.45. The summed E-state index contributed by atoms with van der Waals surface area (Å²) >= 11 is 0. The maximum absolute atomic E-state index is 4.26. The third-order valence-corrected chi connectivity index (χ3v) is 6.60. The summed E-state index contributed by atoms with van der Waals surface area (Å²) in [6.45, 7) is 5.92. The van der Waals surface area contributed by atoms with Gasteiger partial charge >= 0.3 is 0 Å². The van der Waals surface area contributed by atoms with Gasteiger partial charge in [-0.25, -0.2) is 4.98 Å². The van der Waals surface area contributed by atoms with E-state index in [2.05, 4.69) is 50.7 Å². The van der Waals surface area contributed by atoms with Crippen molar-refractivity contribution >= 4 is 5.69 Å². The lowest BCUT2D eigenvalue weighted by atomic mass is 9.74. The van der Waals surface area contributed by atoms with Crippen LogP contribution in [0.1, 0.15) is 36.9 Å². The van der Waals surface area contributed by atoms with Gasteiger partial charge in [-0.1, -0.05) is 18.2 Å². The monoisotopic (exact) mass is 336 g/mol. The number of nitrogens with zero attached hydrogens (tertiary/aromatic N) is 4. The van der Waals surface area contributed by atoms with E-state index in [-0.39, 0.29) is 0 Å². The minimum absolute atomic E-state index is 0.383. The van der Waals surface area contributed by atoms with Crippen LogP contribution in [0, 0.1) is 5.92 Å². The van der Waals surface area contributed by atoms with Crippen molar-refractivity contribution in [2.75, 3.05) is 31.1 Å². The second kappa shape index (κ2) is 5.87. The minimum atomic E-state index is 0.383. The van der Waals surface area contributed by atoms with Gasteiger partial charge in [-0.2, -0.15) is 0 Å². The Labute approximate surface area is 150 Å². The molecule has 0 unspecified atom stereocenters. The number of anilines is 1. The van der Waals surface area contributed by atoms with E-state index in [4.69, 9.17) is 0 Å². The van der Waals surface area contributed by atoms with Crippen molar-refractivity contribution in [3.63, 3.8) is 0 Å². The van der Waals surface area contributed by atoms with Crippen LogP contribution in [-0.4, -0.2) is 40.6 Å². The van der Waals surface area contributed by atoms with Crippen molar-refractivity contribution < 1.29 is 0 Å². The second-order valence-electron chi connectivity index (χ2n) is 8.39. The Hall–Kier alpha value is -1.81. The van der Waals surface area contributed by atoms with Crippen LogP contribution in [0.2, 0.25) is 0 Å². The molecule has 1 spiro atoms. The molecule has 4 nitrogen and oxygen atoms in total. The summed E-state index contributed by atoms with van der Waals surface area (Å²) in [5.41, 5.74) is 4.84. The van der Waals surface area contributed by atoms with Crippen molar-refractivity contribution in [2.45, 2.75) is 37.6 Å². The molecule has 2 fully saturated rings. The van der Waals surface area contributed by atoms with Crippen LogP contribution in [-0.2, 0) is 19.0 Å². The number of aromatic nitrogens is 2. The maximum atomic E-state index is 4.26. The molecule has 0 radical (unpaired) electrons. The van der Waals surface area contributed by atoms with Gasteiger partial charge in [0.1, 0.15) is 0 Å². The van der Waals surface area contributed by atoms with Crippen LogP contribution in [0.4, 0.5) is 5.69 Å². The number of fused-ring (bicyclic) bond motifs is 2. The van der Waals surface area contributed by atoms with Gasteiger partial charge in [-0.3, -0.25) is 4.90 Å². The van der Waals surface area contributed by atoms with Crippen LogP contribution in [0.25, 0.3) is 0 Å². The molecule has 1 aliphatic carbocycles. The Balaban J connectivity index is 1.32. The quantitative estimate of drug-likeness (QED) is 0.857. The van der Waals surface area contributed by atoms with Gasteiger partial charge in [-0.05, 0) is 56.3 Å². The highest BCUT2D eigenvalue weighted by atomic mass is 15.2. The fourth-order valence-electron chi connectivity index (χ4n) is 4.84. The van der Waals surface area contributed by atoms with E-state index in [1.165, 1.54) is 63.2 Å². The Kier molecular flexibility index (Phi) is 3.63. The summed E-state index contributed by atoms with van der Waals surface area (Å²) in [4.78, 5) is 9.56.